The van der Waals surface area contributed by atoms with Crippen molar-refractivity contribution in [2.45, 2.75) is 13.3 Å². The molecular weight excluding hydrogens is 346 g/mol. The van der Waals surface area contributed by atoms with Gasteiger partial charge in [0.2, 0.25) is 11.7 Å². The number of rotatable bonds is 4. The maximum Gasteiger partial charge on any atom is 0.231 e. The SMILES string of the molecule is CCc1cc(Nc2nc(N3CCOCC3)c3oc4ncccc4c3n2)[nH]n1. The van der Waals surface area contributed by atoms with Gasteiger partial charge in [0.15, 0.2) is 11.4 Å². The van der Waals surface area contributed by atoms with Crippen molar-refractivity contribution >= 4 is 39.8 Å². The molecule has 0 bridgehead atoms. The fraction of sp³-hybridized carbons (Fsp3) is 0.333. The van der Waals surface area contributed by atoms with Crippen molar-refractivity contribution in [1.29, 1.82) is 0 Å². The van der Waals surface area contributed by atoms with Gasteiger partial charge in [0, 0.05) is 25.4 Å². The number of hydrogen-bond acceptors (Lipinski definition) is 8. The Morgan fingerprint density at radius 3 is 2.96 bits per heavy atom. The third-order valence-corrected chi connectivity index (χ3v) is 4.62. The van der Waals surface area contributed by atoms with Crippen LogP contribution in [0.5, 0.6) is 0 Å². The Kier molecular flexibility index (Phi) is 3.86. The average Bonchev–Trinajstić information content (AvgIpc) is 3.32. The molecule has 0 aromatic carbocycles. The number of aryl methyl sites for hydroxylation is 1. The van der Waals surface area contributed by atoms with Gasteiger partial charge in [-0.15, -0.1) is 0 Å². The minimum absolute atomic E-state index is 0.488. The van der Waals surface area contributed by atoms with Crippen LogP contribution in [0.25, 0.3) is 22.2 Å². The number of aromatic nitrogens is 5. The Labute approximate surface area is 154 Å². The Hall–Kier alpha value is -3.20. The van der Waals surface area contributed by atoms with Crippen molar-refractivity contribution in [3.8, 4) is 0 Å². The summed E-state index contributed by atoms with van der Waals surface area (Å²) in [5.41, 5.74) is 2.93. The number of fused-ring (bicyclic) bond motifs is 3. The summed E-state index contributed by atoms with van der Waals surface area (Å²) in [6.07, 6.45) is 2.57. The average molecular weight is 365 g/mol. The Balaban J connectivity index is 1.65. The molecule has 138 valence electrons. The highest BCUT2D eigenvalue weighted by atomic mass is 16.5. The largest absolute Gasteiger partial charge is 0.432 e. The molecule has 1 saturated heterocycles. The van der Waals surface area contributed by atoms with E-state index in [1.807, 2.05) is 18.2 Å². The summed E-state index contributed by atoms with van der Waals surface area (Å²) in [7, 11) is 0. The lowest BCUT2D eigenvalue weighted by Crippen LogP contribution is -2.37. The van der Waals surface area contributed by atoms with E-state index in [4.69, 9.17) is 14.1 Å². The summed E-state index contributed by atoms with van der Waals surface area (Å²) in [5, 5.41) is 11.3. The molecule has 0 unspecified atom stereocenters. The predicted octanol–water partition coefficient (Wildman–Crippen LogP) is 2.64. The first kappa shape index (κ1) is 16.0. The van der Waals surface area contributed by atoms with E-state index in [1.165, 1.54) is 0 Å². The van der Waals surface area contributed by atoms with Gasteiger partial charge in [0.1, 0.15) is 11.3 Å². The number of pyridine rings is 1. The van der Waals surface area contributed by atoms with Crippen molar-refractivity contribution in [2.75, 3.05) is 36.5 Å². The van der Waals surface area contributed by atoms with Crippen LogP contribution in [0.2, 0.25) is 0 Å². The highest BCUT2D eigenvalue weighted by molar-refractivity contribution is 6.05. The molecule has 4 aromatic heterocycles. The van der Waals surface area contributed by atoms with Crippen molar-refractivity contribution in [3.05, 3.63) is 30.1 Å². The first-order valence-electron chi connectivity index (χ1n) is 9.01. The summed E-state index contributed by atoms with van der Waals surface area (Å²) < 4.78 is 11.5. The van der Waals surface area contributed by atoms with Crippen LogP contribution < -0.4 is 10.2 Å². The Morgan fingerprint density at radius 1 is 1.26 bits per heavy atom. The molecule has 0 aliphatic carbocycles. The number of nitrogens with one attached hydrogen (secondary N) is 2. The molecular formula is C18H19N7O2. The first-order chi connectivity index (χ1) is 13.3. The Bertz CT molecular complexity index is 1100. The summed E-state index contributed by atoms with van der Waals surface area (Å²) in [6.45, 7) is 4.88. The van der Waals surface area contributed by atoms with Gasteiger partial charge >= 0.3 is 0 Å². The van der Waals surface area contributed by atoms with Crippen LogP contribution in [0.1, 0.15) is 12.6 Å². The number of H-pyrrole nitrogens is 1. The van der Waals surface area contributed by atoms with Crippen molar-refractivity contribution < 1.29 is 9.15 Å². The van der Waals surface area contributed by atoms with Gasteiger partial charge < -0.3 is 19.4 Å². The third-order valence-electron chi connectivity index (χ3n) is 4.62. The number of furan rings is 1. The van der Waals surface area contributed by atoms with Gasteiger partial charge in [-0.05, 0) is 18.6 Å². The van der Waals surface area contributed by atoms with Crippen molar-refractivity contribution in [1.82, 2.24) is 25.1 Å². The van der Waals surface area contributed by atoms with Crippen LogP contribution in [-0.4, -0.2) is 51.5 Å². The second-order valence-corrected chi connectivity index (χ2v) is 6.36. The fourth-order valence-corrected chi connectivity index (χ4v) is 3.24. The fourth-order valence-electron chi connectivity index (χ4n) is 3.24. The van der Waals surface area contributed by atoms with Gasteiger partial charge in [-0.2, -0.15) is 10.1 Å². The zero-order valence-electron chi connectivity index (χ0n) is 14.9. The van der Waals surface area contributed by atoms with Crippen LogP contribution in [0.15, 0.2) is 28.8 Å². The second kappa shape index (κ2) is 6.51. The van der Waals surface area contributed by atoms with Crippen LogP contribution in [-0.2, 0) is 11.2 Å². The molecule has 9 nitrogen and oxygen atoms in total. The molecule has 1 aliphatic heterocycles. The molecule has 5 heterocycles. The van der Waals surface area contributed by atoms with Crippen LogP contribution in [0, 0.1) is 0 Å². The monoisotopic (exact) mass is 365 g/mol. The van der Waals surface area contributed by atoms with E-state index in [0.717, 1.165) is 47.7 Å². The number of hydrogen-bond donors (Lipinski definition) is 2. The molecule has 0 radical (unpaired) electrons. The van der Waals surface area contributed by atoms with Gasteiger partial charge in [-0.25, -0.2) is 9.97 Å². The minimum atomic E-state index is 0.488. The highest BCUT2D eigenvalue weighted by Crippen LogP contribution is 2.33. The van der Waals surface area contributed by atoms with E-state index < -0.39 is 0 Å². The lowest BCUT2D eigenvalue weighted by molar-refractivity contribution is 0.122. The molecule has 2 N–H and O–H groups in total. The van der Waals surface area contributed by atoms with E-state index in [0.29, 0.717) is 30.5 Å². The molecule has 0 atom stereocenters. The lowest BCUT2D eigenvalue weighted by atomic mass is 10.3. The topological polar surface area (TPSA) is 105 Å². The van der Waals surface area contributed by atoms with E-state index in [2.05, 4.69) is 37.3 Å². The minimum Gasteiger partial charge on any atom is -0.432 e. The molecule has 0 saturated carbocycles. The van der Waals surface area contributed by atoms with E-state index in [9.17, 15) is 0 Å². The third kappa shape index (κ3) is 2.85. The summed E-state index contributed by atoms with van der Waals surface area (Å²) in [4.78, 5) is 15.9. The zero-order valence-corrected chi connectivity index (χ0v) is 14.9. The maximum atomic E-state index is 6.00. The molecule has 5 rings (SSSR count). The molecule has 0 spiro atoms. The second-order valence-electron chi connectivity index (χ2n) is 6.36. The van der Waals surface area contributed by atoms with E-state index in [-0.39, 0.29) is 0 Å². The smallest absolute Gasteiger partial charge is 0.231 e. The summed E-state index contributed by atoms with van der Waals surface area (Å²) >= 11 is 0. The molecule has 1 aliphatic rings. The standard InChI is InChI=1S/C18H19N7O2/c1-2-11-10-13(24-23-11)20-18-21-14-12-4-3-5-19-17(12)27-15(14)16(22-18)25-6-8-26-9-7-25/h3-5,10H,2,6-9H2,1H3,(H2,20,21,22,23,24). The first-order valence-corrected chi connectivity index (χ1v) is 9.01. The molecule has 4 aromatic rings. The number of nitrogens with zero attached hydrogens (tertiary/aromatic N) is 5. The summed E-state index contributed by atoms with van der Waals surface area (Å²) in [5.74, 6) is 1.99. The molecule has 1 fully saturated rings. The van der Waals surface area contributed by atoms with Gasteiger partial charge in [0.05, 0.1) is 24.3 Å². The Morgan fingerprint density at radius 2 is 2.15 bits per heavy atom. The van der Waals surface area contributed by atoms with E-state index >= 15 is 0 Å². The van der Waals surface area contributed by atoms with Crippen molar-refractivity contribution in [2.24, 2.45) is 0 Å². The van der Waals surface area contributed by atoms with Crippen molar-refractivity contribution in [3.63, 3.8) is 0 Å². The van der Waals surface area contributed by atoms with Gasteiger partial charge in [-0.3, -0.25) is 5.10 Å². The van der Waals surface area contributed by atoms with Gasteiger partial charge in [0.25, 0.3) is 0 Å². The molecule has 0 amide bonds. The highest BCUT2D eigenvalue weighted by Gasteiger charge is 2.22. The van der Waals surface area contributed by atoms with Crippen LogP contribution >= 0.6 is 0 Å². The number of anilines is 3. The number of ether oxygens (including phenoxy) is 1. The number of morpholine rings is 1. The lowest BCUT2D eigenvalue weighted by Gasteiger charge is -2.27. The zero-order chi connectivity index (χ0) is 18.2. The van der Waals surface area contributed by atoms with Crippen LogP contribution in [0.3, 0.4) is 0 Å². The molecule has 27 heavy (non-hydrogen) atoms. The summed E-state index contributed by atoms with van der Waals surface area (Å²) in [6, 6.07) is 5.79. The quantitative estimate of drug-likeness (QED) is 0.569. The predicted molar refractivity (Wildman–Crippen MR) is 101 cm³/mol. The number of aromatic amines is 1. The van der Waals surface area contributed by atoms with Gasteiger partial charge in [-0.1, -0.05) is 6.92 Å². The van der Waals surface area contributed by atoms with E-state index in [1.54, 1.807) is 6.20 Å². The molecule has 9 heteroatoms. The van der Waals surface area contributed by atoms with Crippen LogP contribution in [0.4, 0.5) is 17.6 Å². The normalized spacial score (nSPS) is 14.9. The maximum absolute atomic E-state index is 6.00.